The van der Waals surface area contributed by atoms with Gasteiger partial charge in [-0.1, -0.05) is 20.3 Å². The normalized spacial score (nSPS) is 12.6. The predicted octanol–water partition coefficient (Wildman–Crippen LogP) is 3.36. The van der Waals surface area contributed by atoms with Crippen molar-refractivity contribution in [1.82, 2.24) is 4.98 Å². The lowest BCUT2D eigenvalue weighted by Gasteiger charge is -2.26. The molecule has 1 aromatic rings. The molecule has 1 heterocycles. The van der Waals surface area contributed by atoms with Crippen molar-refractivity contribution in [1.29, 1.82) is 0 Å². The van der Waals surface area contributed by atoms with Crippen molar-refractivity contribution in [2.24, 2.45) is 5.92 Å². The Morgan fingerprint density at radius 3 is 2.70 bits per heavy atom. The minimum absolute atomic E-state index is 0.628. The summed E-state index contributed by atoms with van der Waals surface area (Å²) in [6.07, 6.45) is 5.57. The fraction of sp³-hybridized carbons (Fsp3) is 0.500. The van der Waals surface area contributed by atoms with Gasteiger partial charge < -0.3 is 10.0 Å². The molecular formula is C16H24N2O2. The van der Waals surface area contributed by atoms with Crippen LogP contribution in [0.2, 0.25) is 0 Å². The Labute approximate surface area is 121 Å². The Bertz CT molecular complexity index is 483. The number of aromatic nitrogens is 1. The maximum Gasteiger partial charge on any atom is 0.328 e. The lowest BCUT2D eigenvalue weighted by Crippen LogP contribution is -2.29. The zero-order valence-electron chi connectivity index (χ0n) is 12.8. The number of pyridine rings is 1. The molecule has 0 saturated heterocycles. The Hall–Kier alpha value is -1.84. The van der Waals surface area contributed by atoms with Crippen LogP contribution in [0.4, 0.5) is 5.82 Å². The number of carboxylic acid groups (broad SMARTS) is 1. The first kappa shape index (κ1) is 16.2. The zero-order chi connectivity index (χ0) is 15.1. The van der Waals surface area contributed by atoms with Crippen molar-refractivity contribution in [2.75, 3.05) is 18.0 Å². The number of carboxylic acids is 1. The third kappa shape index (κ3) is 4.68. The average Bonchev–Trinajstić information content (AvgIpc) is 2.42. The predicted molar refractivity (Wildman–Crippen MR) is 83.0 cm³/mol. The molecule has 1 N–H and O–H groups in total. The molecule has 0 spiro atoms. The van der Waals surface area contributed by atoms with E-state index in [1.807, 2.05) is 13.0 Å². The lowest BCUT2D eigenvalue weighted by molar-refractivity contribution is -0.131. The van der Waals surface area contributed by atoms with Crippen LogP contribution < -0.4 is 4.90 Å². The van der Waals surface area contributed by atoms with Gasteiger partial charge in [-0.3, -0.25) is 0 Å². The minimum Gasteiger partial charge on any atom is -0.478 e. The standard InChI is InChI=1S/C16H24N2O2/c1-5-12(3)11-18(6-2)16-13(4)9-14(10-17-16)7-8-15(19)20/h7-10,12H,5-6,11H2,1-4H3,(H,19,20)/b8-7+. The first-order valence-corrected chi connectivity index (χ1v) is 7.10. The molecule has 0 aliphatic rings. The van der Waals surface area contributed by atoms with Crippen molar-refractivity contribution in [3.05, 3.63) is 29.5 Å². The van der Waals surface area contributed by atoms with E-state index in [1.165, 1.54) is 0 Å². The summed E-state index contributed by atoms with van der Waals surface area (Å²) in [5, 5.41) is 8.64. The van der Waals surface area contributed by atoms with Crippen molar-refractivity contribution >= 4 is 17.9 Å². The van der Waals surface area contributed by atoms with Gasteiger partial charge in [0.25, 0.3) is 0 Å². The van der Waals surface area contributed by atoms with Gasteiger partial charge in [-0.25, -0.2) is 9.78 Å². The summed E-state index contributed by atoms with van der Waals surface area (Å²) in [5.74, 6) is 0.668. The van der Waals surface area contributed by atoms with Crippen LogP contribution in [0.15, 0.2) is 18.3 Å². The van der Waals surface area contributed by atoms with Gasteiger partial charge in [-0.15, -0.1) is 0 Å². The van der Waals surface area contributed by atoms with Crippen LogP contribution in [0.3, 0.4) is 0 Å². The highest BCUT2D eigenvalue weighted by molar-refractivity contribution is 5.85. The first-order valence-electron chi connectivity index (χ1n) is 7.10. The molecule has 1 aromatic heterocycles. The van der Waals surface area contributed by atoms with Gasteiger partial charge in [-0.2, -0.15) is 0 Å². The molecule has 0 aliphatic carbocycles. The number of anilines is 1. The van der Waals surface area contributed by atoms with Gasteiger partial charge in [0.2, 0.25) is 0 Å². The number of nitrogens with zero attached hydrogens (tertiary/aromatic N) is 2. The highest BCUT2D eigenvalue weighted by Gasteiger charge is 2.12. The van der Waals surface area contributed by atoms with E-state index in [-0.39, 0.29) is 0 Å². The molecule has 0 aromatic carbocycles. The quantitative estimate of drug-likeness (QED) is 0.776. The maximum absolute atomic E-state index is 10.5. The zero-order valence-corrected chi connectivity index (χ0v) is 12.8. The average molecular weight is 276 g/mol. The van der Waals surface area contributed by atoms with Gasteiger partial charge in [0, 0.05) is 25.4 Å². The van der Waals surface area contributed by atoms with Crippen molar-refractivity contribution in [3.8, 4) is 0 Å². The third-order valence-electron chi connectivity index (χ3n) is 3.40. The molecule has 4 nitrogen and oxygen atoms in total. The second-order valence-electron chi connectivity index (χ2n) is 5.13. The minimum atomic E-state index is -0.946. The molecule has 0 radical (unpaired) electrons. The highest BCUT2D eigenvalue weighted by Crippen LogP contribution is 2.20. The van der Waals surface area contributed by atoms with Crippen LogP contribution >= 0.6 is 0 Å². The molecule has 0 bridgehead atoms. The van der Waals surface area contributed by atoms with Crippen molar-refractivity contribution < 1.29 is 9.90 Å². The van der Waals surface area contributed by atoms with Crippen molar-refractivity contribution in [3.63, 3.8) is 0 Å². The van der Waals surface area contributed by atoms with Crippen LogP contribution in [0.25, 0.3) is 6.08 Å². The molecule has 0 saturated carbocycles. The van der Waals surface area contributed by atoms with Crippen LogP contribution in [0.5, 0.6) is 0 Å². The monoisotopic (exact) mass is 276 g/mol. The number of carbonyl (C=O) groups is 1. The summed E-state index contributed by atoms with van der Waals surface area (Å²) in [7, 11) is 0. The van der Waals surface area contributed by atoms with Crippen LogP contribution in [0, 0.1) is 12.8 Å². The molecule has 1 rings (SSSR count). The van der Waals surface area contributed by atoms with Gasteiger partial charge in [0.05, 0.1) is 0 Å². The Balaban J connectivity index is 2.93. The van der Waals surface area contributed by atoms with E-state index in [4.69, 9.17) is 5.11 Å². The number of hydrogen-bond donors (Lipinski definition) is 1. The van der Waals surface area contributed by atoms with Gasteiger partial charge >= 0.3 is 5.97 Å². The number of aryl methyl sites for hydroxylation is 1. The summed E-state index contributed by atoms with van der Waals surface area (Å²) in [5.41, 5.74) is 1.89. The first-order chi connectivity index (χ1) is 9.47. The molecule has 1 atom stereocenters. The molecule has 0 fully saturated rings. The Morgan fingerprint density at radius 2 is 2.20 bits per heavy atom. The highest BCUT2D eigenvalue weighted by atomic mass is 16.4. The van der Waals surface area contributed by atoms with Crippen LogP contribution in [-0.4, -0.2) is 29.1 Å². The van der Waals surface area contributed by atoms with Gasteiger partial charge in [-0.05, 0) is 43.0 Å². The fourth-order valence-electron chi connectivity index (χ4n) is 2.05. The molecule has 4 heteroatoms. The van der Waals surface area contributed by atoms with E-state index >= 15 is 0 Å². The smallest absolute Gasteiger partial charge is 0.328 e. The van der Waals surface area contributed by atoms with Gasteiger partial charge in [0.15, 0.2) is 0 Å². The molecular weight excluding hydrogens is 252 g/mol. The summed E-state index contributed by atoms with van der Waals surface area (Å²) in [6, 6.07) is 1.97. The van der Waals surface area contributed by atoms with Crippen molar-refractivity contribution in [2.45, 2.75) is 34.1 Å². The Morgan fingerprint density at radius 1 is 1.50 bits per heavy atom. The van der Waals surface area contributed by atoms with E-state index in [0.717, 1.165) is 42.5 Å². The topological polar surface area (TPSA) is 53.4 Å². The van der Waals surface area contributed by atoms with E-state index < -0.39 is 5.97 Å². The van der Waals surface area contributed by atoms with Crippen LogP contribution in [0.1, 0.15) is 38.3 Å². The lowest BCUT2D eigenvalue weighted by atomic mass is 10.1. The Kier molecular flexibility index (Phi) is 6.22. The second kappa shape index (κ2) is 7.68. The number of rotatable bonds is 7. The van der Waals surface area contributed by atoms with E-state index in [2.05, 4.69) is 30.7 Å². The largest absolute Gasteiger partial charge is 0.478 e. The van der Waals surface area contributed by atoms with E-state index in [1.54, 1.807) is 12.3 Å². The molecule has 0 amide bonds. The number of aliphatic carboxylic acids is 1. The molecule has 1 unspecified atom stereocenters. The second-order valence-corrected chi connectivity index (χ2v) is 5.13. The van der Waals surface area contributed by atoms with Crippen LogP contribution in [-0.2, 0) is 4.79 Å². The summed E-state index contributed by atoms with van der Waals surface area (Å²) in [6.45, 7) is 10.5. The van der Waals surface area contributed by atoms with Gasteiger partial charge in [0.1, 0.15) is 5.82 Å². The maximum atomic E-state index is 10.5. The van der Waals surface area contributed by atoms with E-state index in [9.17, 15) is 4.79 Å². The summed E-state index contributed by atoms with van der Waals surface area (Å²) < 4.78 is 0. The van der Waals surface area contributed by atoms with E-state index in [0.29, 0.717) is 5.92 Å². The fourth-order valence-corrected chi connectivity index (χ4v) is 2.05. The molecule has 110 valence electrons. The third-order valence-corrected chi connectivity index (χ3v) is 3.40. The SMILES string of the molecule is CCC(C)CN(CC)c1ncc(/C=C/C(=O)O)cc1C. The molecule has 0 aliphatic heterocycles. The summed E-state index contributed by atoms with van der Waals surface area (Å²) >= 11 is 0. The molecule has 20 heavy (non-hydrogen) atoms. The summed E-state index contributed by atoms with van der Waals surface area (Å²) in [4.78, 5) is 17.3. The number of hydrogen-bond acceptors (Lipinski definition) is 3.